The molecule has 0 bridgehead atoms. The van der Waals surface area contributed by atoms with Crippen molar-refractivity contribution >= 4 is 11.6 Å². The fourth-order valence-electron chi connectivity index (χ4n) is 3.58. The minimum Gasteiger partial charge on any atom is -0.334 e. The van der Waals surface area contributed by atoms with Crippen molar-refractivity contribution in [2.75, 3.05) is 6.54 Å². The first-order valence-corrected chi connectivity index (χ1v) is 9.43. The number of urea groups is 1. The molecule has 1 unspecified atom stereocenters. The molecule has 0 spiro atoms. The third-order valence-corrected chi connectivity index (χ3v) is 5.05. The molecule has 1 atom stereocenters. The average molecular weight is 392 g/mol. The third kappa shape index (κ3) is 3.51. The molecule has 2 aromatic carbocycles. The standard InChI is InChI=1S/C22H21FN4O2/c1-4-27-14(3)18(19(24-22(27)28)15-8-10-17(23)11-9-15)21-25-20(26-29-21)16-7-5-6-13(2)12-16/h5-12,19H,4H2,1-3H3,(H,24,28). The molecule has 6 nitrogen and oxygen atoms in total. The summed E-state index contributed by atoms with van der Waals surface area (Å²) in [5.41, 5.74) is 4.11. The third-order valence-electron chi connectivity index (χ3n) is 5.05. The van der Waals surface area contributed by atoms with E-state index in [1.165, 1.54) is 12.1 Å². The summed E-state index contributed by atoms with van der Waals surface area (Å²) in [6, 6.07) is 13.1. The summed E-state index contributed by atoms with van der Waals surface area (Å²) < 4.78 is 19.0. The number of rotatable bonds is 4. The molecule has 0 saturated carbocycles. The quantitative estimate of drug-likeness (QED) is 0.699. The number of hydrogen-bond acceptors (Lipinski definition) is 4. The zero-order valence-corrected chi connectivity index (χ0v) is 16.4. The Morgan fingerprint density at radius 3 is 2.62 bits per heavy atom. The van der Waals surface area contributed by atoms with E-state index in [-0.39, 0.29) is 11.8 Å². The van der Waals surface area contributed by atoms with E-state index in [9.17, 15) is 9.18 Å². The Balaban J connectivity index is 1.81. The van der Waals surface area contributed by atoms with Gasteiger partial charge in [0.25, 0.3) is 5.89 Å². The van der Waals surface area contributed by atoms with Gasteiger partial charge >= 0.3 is 6.03 Å². The smallest absolute Gasteiger partial charge is 0.322 e. The summed E-state index contributed by atoms with van der Waals surface area (Å²) >= 11 is 0. The van der Waals surface area contributed by atoms with E-state index < -0.39 is 6.04 Å². The molecule has 1 N–H and O–H groups in total. The molecule has 3 aromatic rings. The molecule has 148 valence electrons. The van der Waals surface area contributed by atoms with Crippen molar-refractivity contribution in [1.29, 1.82) is 0 Å². The van der Waals surface area contributed by atoms with Gasteiger partial charge in [-0.2, -0.15) is 4.98 Å². The van der Waals surface area contributed by atoms with Crippen LogP contribution in [0.1, 0.15) is 36.9 Å². The van der Waals surface area contributed by atoms with Crippen molar-refractivity contribution < 1.29 is 13.7 Å². The van der Waals surface area contributed by atoms with Crippen LogP contribution in [0, 0.1) is 12.7 Å². The van der Waals surface area contributed by atoms with Gasteiger partial charge in [0.05, 0.1) is 11.6 Å². The van der Waals surface area contributed by atoms with Crippen LogP contribution in [0.3, 0.4) is 0 Å². The second kappa shape index (κ2) is 7.50. The fourth-order valence-corrected chi connectivity index (χ4v) is 3.58. The Kier molecular flexibility index (Phi) is 4.88. The van der Waals surface area contributed by atoms with Crippen LogP contribution in [-0.4, -0.2) is 27.6 Å². The largest absolute Gasteiger partial charge is 0.334 e. The van der Waals surface area contributed by atoms with Crippen molar-refractivity contribution in [3.05, 3.63) is 77.1 Å². The van der Waals surface area contributed by atoms with Crippen molar-refractivity contribution in [3.8, 4) is 11.4 Å². The number of aryl methyl sites for hydroxylation is 1. The Hall–Kier alpha value is -3.48. The molecule has 1 aliphatic rings. The molecule has 7 heteroatoms. The minimum atomic E-state index is -0.517. The van der Waals surface area contributed by atoms with Crippen LogP contribution in [0.25, 0.3) is 17.0 Å². The predicted octanol–water partition coefficient (Wildman–Crippen LogP) is 4.70. The highest BCUT2D eigenvalue weighted by atomic mass is 19.1. The van der Waals surface area contributed by atoms with E-state index >= 15 is 0 Å². The van der Waals surface area contributed by atoms with Gasteiger partial charge in [-0.3, -0.25) is 4.90 Å². The molecule has 2 amide bonds. The lowest BCUT2D eigenvalue weighted by Crippen LogP contribution is -2.45. The number of nitrogens with one attached hydrogen (secondary N) is 1. The Morgan fingerprint density at radius 1 is 1.17 bits per heavy atom. The summed E-state index contributed by atoms with van der Waals surface area (Å²) in [5, 5.41) is 7.11. The molecule has 0 radical (unpaired) electrons. The van der Waals surface area contributed by atoms with E-state index in [1.54, 1.807) is 17.0 Å². The number of benzene rings is 2. The van der Waals surface area contributed by atoms with Crippen LogP contribution >= 0.6 is 0 Å². The van der Waals surface area contributed by atoms with E-state index in [1.807, 2.05) is 45.0 Å². The predicted molar refractivity (Wildman–Crippen MR) is 107 cm³/mol. The summed E-state index contributed by atoms with van der Waals surface area (Å²) in [6.07, 6.45) is 0. The molecular weight excluding hydrogens is 371 g/mol. The zero-order valence-electron chi connectivity index (χ0n) is 16.4. The zero-order chi connectivity index (χ0) is 20.5. The monoisotopic (exact) mass is 392 g/mol. The van der Waals surface area contributed by atoms with E-state index in [0.717, 1.165) is 22.4 Å². The maximum atomic E-state index is 13.4. The number of aromatic nitrogens is 2. The first-order chi connectivity index (χ1) is 14.0. The van der Waals surface area contributed by atoms with Gasteiger partial charge in [-0.25, -0.2) is 9.18 Å². The summed E-state index contributed by atoms with van der Waals surface area (Å²) in [5.74, 6) is 0.460. The Bertz CT molecular complexity index is 1090. The van der Waals surface area contributed by atoms with Crippen LogP contribution in [0.2, 0.25) is 0 Å². The molecular formula is C22H21FN4O2. The van der Waals surface area contributed by atoms with Gasteiger partial charge < -0.3 is 9.84 Å². The highest BCUT2D eigenvalue weighted by Crippen LogP contribution is 2.37. The lowest BCUT2D eigenvalue weighted by Gasteiger charge is -2.34. The summed E-state index contributed by atoms with van der Waals surface area (Å²) in [4.78, 5) is 18.8. The van der Waals surface area contributed by atoms with Gasteiger partial charge in [0, 0.05) is 17.8 Å². The van der Waals surface area contributed by atoms with E-state index in [4.69, 9.17) is 4.52 Å². The number of nitrogens with zero attached hydrogens (tertiary/aromatic N) is 3. The topological polar surface area (TPSA) is 71.3 Å². The highest BCUT2D eigenvalue weighted by molar-refractivity contribution is 5.86. The number of hydrogen-bond donors (Lipinski definition) is 1. The number of carbonyl (C=O) groups excluding carboxylic acids is 1. The maximum Gasteiger partial charge on any atom is 0.322 e. The molecule has 1 aromatic heterocycles. The van der Waals surface area contributed by atoms with Crippen LogP contribution in [-0.2, 0) is 0 Å². The van der Waals surface area contributed by atoms with Gasteiger partial charge in [-0.15, -0.1) is 0 Å². The van der Waals surface area contributed by atoms with E-state index in [0.29, 0.717) is 23.8 Å². The first-order valence-electron chi connectivity index (χ1n) is 9.43. The first kappa shape index (κ1) is 18.9. The Labute approximate surface area is 168 Å². The van der Waals surface area contributed by atoms with E-state index in [2.05, 4.69) is 15.5 Å². The number of amides is 2. The normalized spacial score (nSPS) is 16.9. The number of allylic oxidation sites excluding steroid dienone is 1. The minimum absolute atomic E-state index is 0.221. The summed E-state index contributed by atoms with van der Waals surface area (Å²) in [6.45, 7) is 6.24. The number of carbonyl (C=O) groups is 1. The molecule has 0 fully saturated rings. The Morgan fingerprint density at radius 2 is 1.93 bits per heavy atom. The van der Waals surface area contributed by atoms with Crippen molar-refractivity contribution in [1.82, 2.24) is 20.4 Å². The summed E-state index contributed by atoms with van der Waals surface area (Å²) in [7, 11) is 0. The van der Waals surface area contributed by atoms with Crippen LogP contribution in [0.15, 0.2) is 58.8 Å². The van der Waals surface area contributed by atoms with Gasteiger partial charge in [0.1, 0.15) is 5.82 Å². The molecule has 29 heavy (non-hydrogen) atoms. The SMILES string of the molecule is CCN1C(=O)NC(c2ccc(F)cc2)C(c2nc(-c3cccc(C)c3)no2)=C1C. The van der Waals surface area contributed by atoms with Crippen LogP contribution in [0.4, 0.5) is 9.18 Å². The molecule has 1 aliphatic heterocycles. The second-order valence-electron chi connectivity index (χ2n) is 6.97. The van der Waals surface area contributed by atoms with Crippen LogP contribution < -0.4 is 5.32 Å². The molecule has 4 rings (SSSR count). The number of halogens is 1. The molecule has 0 saturated heterocycles. The van der Waals surface area contributed by atoms with Crippen molar-refractivity contribution in [2.24, 2.45) is 0 Å². The van der Waals surface area contributed by atoms with Gasteiger partial charge in [-0.1, -0.05) is 41.1 Å². The molecule has 0 aliphatic carbocycles. The van der Waals surface area contributed by atoms with Gasteiger partial charge in [0.2, 0.25) is 5.82 Å². The van der Waals surface area contributed by atoms with Gasteiger partial charge in [-0.05, 0) is 44.5 Å². The lowest BCUT2D eigenvalue weighted by molar-refractivity contribution is 0.207. The van der Waals surface area contributed by atoms with Gasteiger partial charge in [0.15, 0.2) is 0 Å². The highest BCUT2D eigenvalue weighted by Gasteiger charge is 2.35. The lowest BCUT2D eigenvalue weighted by atomic mass is 9.94. The second-order valence-corrected chi connectivity index (χ2v) is 6.97. The maximum absolute atomic E-state index is 13.4. The van der Waals surface area contributed by atoms with Crippen molar-refractivity contribution in [3.63, 3.8) is 0 Å². The van der Waals surface area contributed by atoms with Crippen LogP contribution in [0.5, 0.6) is 0 Å². The van der Waals surface area contributed by atoms with Crippen molar-refractivity contribution in [2.45, 2.75) is 26.8 Å². The molecule has 2 heterocycles. The fraction of sp³-hybridized carbons (Fsp3) is 0.227. The average Bonchev–Trinajstić information content (AvgIpc) is 3.18.